The van der Waals surface area contributed by atoms with Crippen LogP contribution in [-0.2, 0) is 13.1 Å². The van der Waals surface area contributed by atoms with Crippen molar-refractivity contribution in [3.05, 3.63) is 53.0 Å². The number of aryl methyl sites for hydroxylation is 2. The van der Waals surface area contributed by atoms with Gasteiger partial charge in [0.2, 0.25) is 11.7 Å². The maximum Gasteiger partial charge on any atom is 0.241 e. The normalized spacial score (nSPS) is 16.1. The predicted octanol–water partition coefficient (Wildman–Crippen LogP) is 2.80. The zero-order valence-electron chi connectivity index (χ0n) is 15.5. The molecule has 8 heteroatoms. The molecule has 0 atom stereocenters. The first-order chi connectivity index (χ1) is 13.1. The van der Waals surface area contributed by atoms with Crippen LogP contribution in [0.1, 0.15) is 22.9 Å². The van der Waals surface area contributed by atoms with Gasteiger partial charge in [0, 0.05) is 37.8 Å². The number of aromatic nitrogens is 3. The van der Waals surface area contributed by atoms with E-state index in [1.165, 1.54) is 6.07 Å². The molecule has 7 nitrogen and oxygen atoms in total. The van der Waals surface area contributed by atoms with Gasteiger partial charge in [0.1, 0.15) is 5.82 Å². The quantitative estimate of drug-likeness (QED) is 0.683. The number of benzene rings is 1. The second-order valence-electron chi connectivity index (χ2n) is 6.96. The highest BCUT2D eigenvalue weighted by atomic mass is 19.1. The van der Waals surface area contributed by atoms with Crippen LogP contribution >= 0.6 is 0 Å². The Hall–Kier alpha value is -2.58. The van der Waals surface area contributed by atoms with Crippen LogP contribution in [0.5, 0.6) is 0 Å². The summed E-state index contributed by atoms with van der Waals surface area (Å²) in [6.45, 7) is 8.70. The Morgan fingerprint density at radius 3 is 2.37 bits per heavy atom. The summed E-state index contributed by atoms with van der Waals surface area (Å²) in [6, 6.07) is 6.93. The van der Waals surface area contributed by atoms with Gasteiger partial charge in [-0.25, -0.2) is 4.39 Å². The number of nitrogens with zero attached hydrogens (tertiary/aromatic N) is 5. The van der Waals surface area contributed by atoms with Crippen LogP contribution in [0.15, 0.2) is 33.3 Å². The summed E-state index contributed by atoms with van der Waals surface area (Å²) in [7, 11) is 0. The van der Waals surface area contributed by atoms with Crippen LogP contribution in [0.3, 0.4) is 0 Å². The lowest BCUT2D eigenvalue weighted by Gasteiger charge is -2.33. The van der Waals surface area contributed by atoms with Gasteiger partial charge in [0.25, 0.3) is 0 Å². The molecule has 0 saturated carbocycles. The zero-order valence-corrected chi connectivity index (χ0v) is 15.5. The van der Waals surface area contributed by atoms with Gasteiger partial charge in [0.15, 0.2) is 5.76 Å². The SMILES string of the molecule is Cc1cc(CN2CCN(Cc3nc(-c4ccc(C)c(F)c4)no3)CC2)on1. The van der Waals surface area contributed by atoms with Crippen LogP contribution in [-0.4, -0.2) is 51.3 Å². The molecule has 0 amide bonds. The van der Waals surface area contributed by atoms with Gasteiger partial charge in [-0.1, -0.05) is 22.4 Å². The molecule has 1 aliphatic heterocycles. The van der Waals surface area contributed by atoms with E-state index in [4.69, 9.17) is 9.05 Å². The first-order valence-electron chi connectivity index (χ1n) is 9.03. The summed E-state index contributed by atoms with van der Waals surface area (Å²) in [4.78, 5) is 9.02. The van der Waals surface area contributed by atoms with Crippen molar-refractivity contribution < 1.29 is 13.4 Å². The van der Waals surface area contributed by atoms with Gasteiger partial charge in [-0.15, -0.1) is 0 Å². The maximum absolute atomic E-state index is 13.7. The van der Waals surface area contributed by atoms with E-state index in [1.807, 2.05) is 13.0 Å². The van der Waals surface area contributed by atoms with Crippen LogP contribution in [0.25, 0.3) is 11.4 Å². The van der Waals surface area contributed by atoms with Crippen molar-refractivity contribution in [2.45, 2.75) is 26.9 Å². The summed E-state index contributed by atoms with van der Waals surface area (Å²) in [5.74, 6) is 1.60. The van der Waals surface area contributed by atoms with E-state index >= 15 is 0 Å². The fourth-order valence-electron chi connectivity index (χ4n) is 3.18. The molecule has 0 spiro atoms. The van der Waals surface area contributed by atoms with Gasteiger partial charge in [-0.2, -0.15) is 4.98 Å². The highest BCUT2D eigenvalue weighted by molar-refractivity contribution is 5.54. The molecule has 0 unspecified atom stereocenters. The summed E-state index contributed by atoms with van der Waals surface area (Å²) < 4.78 is 24.4. The molecule has 1 aromatic carbocycles. The fraction of sp³-hybridized carbons (Fsp3) is 0.421. The maximum atomic E-state index is 13.7. The van der Waals surface area contributed by atoms with Crippen molar-refractivity contribution >= 4 is 0 Å². The molecule has 2 aromatic heterocycles. The van der Waals surface area contributed by atoms with Crippen LogP contribution < -0.4 is 0 Å². The molecule has 27 heavy (non-hydrogen) atoms. The number of hydrogen-bond donors (Lipinski definition) is 0. The zero-order chi connectivity index (χ0) is 18.8. The summed E-state index contributed by atoms with van der Waals surface area (Å²) in [5.41, 5.74) is 2.13. The molecule has 1 saturated heterocycles. The standard InChI is InChI=1S/C19H22FN5O2/c1-13-3-4-15(10-17(13)20)19-21-18(27-23-19)12-25-7-5-24(6-8-25)11-16-9-14(2)22-26-16/h3-4,9-10H,5-8,11-12H2,1-2H3. The number of rotatable bonds is 5. The van der Waals surface area contributed by atoms with Crippen LogP contribution in [0.4, 0.5) is 4.39 Å². The Morgan fingerprint density at radius 1 is 0.963 bits per heavy atom. The lowest BCUT2D eigenvalue weighted by atomic mass is 10.1. The highest BCUT2D eigenvalue weighted by Crippen LogP contribution is 2.20. The van der Waals surface area contributed by atoms with Gasteiger partial charge >= 0.3 is 0 Å². The van der Waals surface area contributed by atoms with Gasteiger partial charge in [0.05, 0.1) is 18.8 Å². The fourth-order valence-corrected chi connectivity index (χ4v) is 3.18. The second-order valence-corrected chi connectivity index (χ2v) is 6.96. The van der Waals surface area contributed by atoms with E-state index < -0.39 is 0 Å². The van der Waals surface area contributed by atoms with Crippen molar-refractivity contribution in [2.24, 2.45) is 0 Å². The molecule has 4 rings (SSSR count). The van der Waals surface area contributed by atoms with Gasteiger partial charge in [-0.05, 0) is 25.5 Å². The van der Waals surface area contributed by atoms with Crippen molar-refractivity contribution in [2.75, 3.05) is 26.2 Å². The monoisotopic (exact) mass is 371 g/mol. The van der Waals surface area contributed by atoms with E-state index in [-0.39, 0.29) is 5.82 Å². The Kier molecular flexibility index (Phi) is 5.00. The van der Waals surface area contributed by atoms with Gasteiger partial charge in [-0.3, -0.25) is 9.80 Å². The van der Waals surface area contributed by atoms with E-state index in [0.717, 1.165) is 44.2 Å². The third-order valence-electron chi connectivity index (χ3n) is 4.78. The molecule has 0 radical (unpaired) electrons. The van der Waals surface area contributed by atoms with Gasteiger partial charge < -0.3 is 9.05 Å². The van der Waals surface area contributed by atoms with Crippen molar-refractivity contribution in [3.63, 3.8) is 0 Å². The lowest BCUT2D eigenvalue weighted by molar-refractivity contribution is 0.105. The third kappa shape index (κ3) is 4.23. The average Bonchev–Trinajstić information content (AvgIpc) is 3.28. The Labute approximate surface area is 156 Å². The second kappa shape index (κ2) is 7.58. The third-order valence-corrected chi connectivity index (χ3v) is 4.78. The molecule has 1 aliphatic rings. The number of hydrogen-bond acceptors (Lipinski definition) is 7. The lowest BCUT2D eigenvalue weighted by Crippen LogP contribution is -2.45. The van der Waals surface area contributed by atoms with Crippen LogP contribution in [0, 0.1) is 19.7 Å². The van der Waals surface area contributed by atoms with E-state index in [2.05, 4.69) is 25.1 Å². The molecule has 0 aliphatic carbocycles. The molecule has 0 bridgehead atoms. The first-order valence-corrected chi connectivity index (χ1v) is 9.03. The summed E-state index contributed by atoms with van der Waals surface area (Å²) in [6.07, 6.45) is 0. The number of halogens is 1. The predicted molar refractivity (Wildman–Crippen MR) is 96.2 cm³/mol. The van der Waals surface area contributed by atoms with Crippen LogP contribution in [0.2, 0.25) is 0 Å². The molecule has 3 aromatic rings. The van der Waals surface area contributed by atoms with Crippen molar-refractivity contribution in [1.82, 2.24) is 25.1 Å². The molecular weight excluding hydrogens is 349 g/mol. The summed E-state index contributed by atoms with van der Waals surface area (Å²) in [5, 5.41) is 7.91. The molecular formula is C19H22FN5O2. The minimum absolute atomic E-state index is 0.267. The Morgan fingerprint density at radius 2 is 1.70 bits per heavy atom. The Balaban J connectivity index is 1.31. The van der Waals surface area contributed by atoms with E-state index in [9.17, 15) is 4.39 Å². The molecule has 1 fully saturated rings. The number of piperazine rings is 1. The topological polar surface area (TPSA) is 71.4 Å². The van der Waals surface area contributed by atoms with Crippen molar-refractivity contribution in [3.8, 4) is 11.4 Å². The molecule has 0 N–H and O–H groups in total. The first kappa shape index (κ1) is 17.8. The minimum Gasteiger partial charge on any atom is -0.360 e. The largest absolute Gasteiger partial charge is 0.360 e. The smallest absolute Gasteiger partial charge is 0.241 e. The van der Waals surface area contributed by atoms with E-state index in [0.29, 0.717) is 29.4 Å². The van der Waals surface area contributed by atoms with E-state index in [1.54, 1.807) is 19.1 Å². The van der Waals surface area contributed by atoms with Crippen molar-refractivity contribution in [1.29, 1.82) is 0 Å². The highest BCUT2D eigenvalue weighted by Gasteiger charge is 2.20. The molecule has 3 heterocycles. The molecule has 142 valence electrons. The Bertz CT molecular complexity index is 914. The average molecular weight is 371 g/mol. The minimum atomic E-state index is -0.267. The summed E-state index contributed by atoms with van der Waals surface area (Å²) >= 11 is 0.